The van der Waals surface area contributed by atoms with Gasteiger partial charge in [-0.1, -0.05) is 0 Å². The number of thiazole rings is 1. The minimum Gasteiger partial charge on any atom is -0.381 e. The second-order valence-corrected chi connectivity index (χ2v) is 4.67. The number of nitrogens with zero attached hydrogens (tertiary/aromatic N) is 2. The van der Waals surface area contributed by atoms with Gasteiger partial charge >= 0.3 is 0 Å². The smallest absolute Gasteiger partial charge is 0.273 e. The molecule has 4 nitrogen and oxygen atoms in total. The topological polar surface area (TPSA) is 42.4 Å². The van der Waals surface area contributed by atoms with Gasteiger partial charge < -0.3 is 9.64 Å². The van der Waals surface area contributed by atoms with Crippen LogP contribution in [-0.2, 0) is 4.74 Å². The highest BCUT2D eigenvalue weighted by Gasteiger charge is 2.22. The van der Waals surface area contributed by atoms with Crippen LogP contribution in [0.1, 0.15) is 23.8 Å². The Hall–Kier alpha value is -0.940. The molecule has 1 aromatic rings. The Labute approximate surface area is 99.2 Å². The molecule has 0 bridgehead atoms. The molecule has 0 radical (unpaired) electrons. The lowest BCUT2D eigenvalue weighted by molar-refractivity contribution is 0.0726. The molecule has 1 aliphatic heterocycles. The van der Waals surface area contributed by atoms with Gasteiger partial charge in [-0.15, -0.1) is 11.3 Å². The van der Waals surface area contributed by atoms with Crippen molar-refractivity contribution in [2.75, 3.05) is 26.3 Å². The van der Waals surface area contributed by atoms with Gasteiger partial charge in [-0.3, -0.25) is 4.79 Å². The second-order valence-electron chi connectivity index (χ2n) is 3.95. The third-order valence-electron chi connectivity index (χ3n) is 2.82. The molecule has 1 aromatic heterocycles. The number of hydrogen-bond acceptors (Lipinski definition) is 4. The molecule has 5 heteroatoms. The Bertz CT molecular complexity index is 334. The Balaban J connectivity index is 1.96. The minimum atomic E-state index is 0.0376. The first-order chi connectivity index (χ1) is 7.81. The molecule has 88 valence electrons. The third kappa shape index (κ3) is 2.59. The minimum absolute atomic E-state index is 0.0376. The quantitative estimate of drug-likeness (QED) is 0.803. The van der Waals surface area contributed by atoms with E-state index in [4.69, 9.17) is 4.74 Å². The fourth-order valence-electron chi connectivity index (χ4n) is 1.87. The van der Waals surface area contributed by atoms with Gasteiger partial charge in [0.2, 0.25) is 0 Å². The first-order valence-corrected chi connectivity index (χ1v) is 6.50. The van der Waals surface area contributed by atoms with E-state index < -0.39 is 0 Å². The van der Waals surface area contributed by atoms with Gasteiger partial charge in [0, 0.05) is 31.0 Å². The maximum atomic E-state index is 12.1. The fourth-order valence-corrected chi connectivity index (χ4v) is 2.40. The van der Waals surface area contributed by atoms with Crippen LogP contribution >= 0.6 is 11.3 Å². The van der Waals surface area contributed by atoms with Crippen LogP contribution in [0.4, 0.5) is 0 Å². The summed E-state index contributed by atoms with van der Waals surface area (Å²) >= 11 is 1.46. The molecule has 0 N–H and O–H groups in total. The first-order valence-electron chi connectivity index (χ1n) is 5.56. The van der Waals surface area contributed by atoms with Gasteiger partial charge in [0.05, 0.1) is 12.1 Å². The maximum absolute atomic E-state index is 12.1. The van der Waals surface area contributed by atoms with Gasteiger partial charge in [-0.2, -0.15) is 0 Å². The summed E-state index contributed by atoms with van der Waals surface area (Å²) in [5.74, 6) is 0.526. The monoisotopic (exact) mass is 240 g/mol. The van der Waals surface area contributed by atoms with Crippen molar-refractivity contribution in [1.82, 2.24) is 9.88 Å². The van der Waals surface area contributed by atoms with Crippen molar-refractivity contribution < 1.29 is 9.53 Å². The van der Waals surface area contributed by atoms with Crippen LogP contribution in [0.25, 0.3) is 0 Å². The molecule has 1 aliphatic rings. The molecule has 0 saturated carbocycles. The average Bonchev–Trinajstić information content (AvgIpc) is 2.97. The van der Waals surface area contributed by atoms with Crippen molar-refractivity contribution in [2.45, 2.75) is 13.3 Å². The van der Waals surface area contributed by atoms with E-state index in [0.717, 1.165) is 32.7 Å². The van der Waals surface area contributed by atoms with Crippen LogP contribution in [0.3, 0.4) is 0 Å². The van der Waals surface area contributed by atoms with Crippen LogP contribution < -0.4 is 0 Å². The van der Waals surface area contributed by atoms with E-state index in [1.807, 2.05) is 11.8 Å². The highest BCUT2D eigenvalue weighted by atomic mass is 32.1. The van der Waals surface area contributed by atoms with Crippen molar-refractivity contribution in [3.05, 3.63) is 16.6 Å². The van der Waals surface area contributed by atoms with Crippen molar-refractivity contribution in [3.8, 4) is 0 Å². The molecule has 0 aliphatic carbocycles. The molecule has 1 amide bonds. The lowest BCUT2D eigenvalue weighted by atomic mass is 10.1. The summed E-state index contributed by atoms with van der Waals surface area (Å²) in [6.07, 6.45) is 1.06. The standard InChI is InChI=1S/C11H16N2O2S/c1-2-13(5-9-3-4-15-6-9)11(14)10-7-16-8-12-10/h7-9H,2-6H2,1H3. The van der Waals surface area contributed by atoms with E-state index in [1.165, 1.54) is 11.3 Å². The lowest BCUT2D eigenvalue weighted by Crippen LogP contribution is -2.35. The van der Waals surface area contributed by atoms with Crippen molar-refractivity contribution in [1.29, 1.82) is 0 Å². The van der Waals surface area contributed by atoms with Crippen LogP contribution in [0, 0.1) is 5.92 Å². The zero-order valence-electron chi connectivity index (χ0n) is 9.39. The number of amides is 1. The average molecular weight is 240 g/mol. The number of ether oxygens (including phenoxy) is 1. The molecule has 1 saturated heterocycles. The second kappa shape index (κ2) is 5.41. The third-order valence-corrected chi connectivity index (χ3v) is 3.41. The largest absolute Gasteiger partial charge is 0.381 e. The molecule has 0 spiro atoms. The SMILES string of the molecule is CCN(CC1CCOC1)C(=O)c1cscn1. The molecule has 2 rings (SSSR count). The molecule has 2 heterocycles. The van der Waals surface area contributed by atoms with Gasteiger partial charge in [0.1, 0.15) is 5.69 Å². The number of hydrogen-bond donors (Lipinski definition) is 0. The number of carbonyl (C=O) groups excluding carboxylic acids is 1. The summed E-state index contributed by atoms with van der Waals surface area (Å²) in [5, 5.41) is 1.80. The summed E-state index contributed by atoms with van der Waals surface area (Å²) in [6, 6.07) is 0. The molecule has 0 aromatic carbocycles. The zero-order valence-corrected chi connectivity index (χ0v) is 10.2. The van der Waals surface area contributed by atoms with E-state index >= 15 is 0 Å². The molecular weight excluding hydrogens is 224 g/mol. The van der Waals surface area contributed by atoms with E-state index in [0.29, 0.717) is 11.6 Å². The van der Waals surface area contributed by atoms with Crippen LogP contribution in [0.15, 0.2) is 10.9 Å². The van der Waals surface area contributed by atoms with Gasteiger partial charge in [-0.05, 0) is 13.3 Å². The summed E-state index contributed by atoms with van der Waals surface area (Å²) in [7, 11) is 0. The van der Waals surface area contributed by atoms with Crippen molar-refractivity contribution in [2.24, 2.45) is 5.92 Å². The fraction of sp³-hybridized carbons (Fsp3) is 0.636. The summed E-state index contributed by atoms with van der Waals surface area (Å²) < 4.78 is 5.32. The van der Waals surface area contributed by atoms with Gasteiger partial charge in [-0.25, -0.2) is 4.98 Å². The Morgan fingerprint density at radius 1 is 1.75 bits per heavy atom. The summed E-state index contributed by atoms with van der Waals surface area (Å²) in [6.45, 7) is 5.12. The molecule has 1 fully saturated rings. The predicted octanol–water partition coefficient (Wildman–Crippen LogP) is 1.64. The molecule has 1 atom stereocenters. The van der Waals surface area contributed by atoms with Crippen molar-refractivity contribution >= 4 is 17.2 Å². The van der Waals surface area contributed by atoms with E-state index in [1.54, 1.807) is 10.9 Å². The summed E-state index contributed by atoms with van der Waals surface area (Å²) in [5.41, 5.74) is 2.26. The number of rotatable bonds is 4. The normalized spacial score (nSPS) is 19.9. The van der Waals surface area contributed by atoms with Gasteiger partial charge in [0.15, 0.2) is 0 Å². The number of aromatic nitrogens is 1. The maximum Gasteiger partial charge on any atom is 0.273 e. The Morgan fingerprint density at radius 2 is 2.62 bits per heavy atom. The summed E-state index contributed by atoms with van der Waals surface area (Å²) in [4.78, 5) is 18.0. The van der Waals surface area contributed by atoms with E-state index in [2.05, 4.69) is 4.98 Å². The predicted molar refractivity (Wildman–Crippen MR) is 62.6 cm³/mol. The zero-order chi connectivity index (χ0) is 11.4. The molecular formula is C11H16N2O2S. The lowest BCUT2D eigenvalue weighted by Gasteiger charge is -2.22. The molecule has 16 heavy (non-hydrogen) atoms. The van der Waals surface area contributed by atoms with Crippen LogP contribution in [0.2, 0.25) is 0 Å². The first kappa shape index (κ1) is 11.5. The van der Waals surface area contributed by atoms with Crippen LogP contribution in [0.5, 0.6) is 0 Å². The number of carbonyl (C=O) groups is 1. The van der Waals surface area contributed by atoms with Gasteiger partial charge in [0.25, 0.3) is 5.91 Å². The Morgan fingerprint density at radius 3 is 3.19 bits per heavy atom. The van der Waals surface area contributed by atoms with E-state index in [-0.39, 0.29) is 5.91 Å². The van der Waals surface area contributed by atoms with E-state index in [9.17, 15) is 4.79 Å². The highest BCUT2D eigenvalue weighted by molar-refractivity contribution is 7.07. The highest BCUT2D eigenvalue weighted by Crippen LogP contribution is 2.15. The van der Waals surface area contributed by atoms with Crippen molar-refractivity contribution in [3.63, 3.8) is 0 Å². The van der Waals surface area contributed by atoms with Crippen LogP contribution in [-0.4, -0.2) is 42.1 Å². The molecule has 1 unspecified atom stereocenters. The Kier molecular flexibility index (Phi) is 3.90.